The number of ether oxygens (including phenoxy) is 1. The van der Waals surface area contributed by atoms with Gasteiger partial charge in [-0.05, 0) is 17.5 Å². The fourth-order valence-electron chi connectivity index (χ4n) is 1.94. The zero-order valence-electron chi connectivity index (χ0n) is 11.8. The van der Waals surface area contributed by atoms with E-state index >= 15 is 0 Å². The number of benzene rings is 1. The smallest absolute Gasteiger partial charge is 0.223 e. The summed E-state index contributed by atoms with van der Waals surface area (Å²) in [6, 6.07) is 9.10. The molecule has 20 heavy (non-hydrogen) atoms. The van der Waals surface area contributed by atoms with Crippen molar-refractivity contribution >= 4 is 11.6 Å². The average molecular weight is 294 g/mol. The zero-order valence-corrected chi connectivity index (χ0v) is 12.5. The van der Waals surface area contributed by atoms with Crippen LogP contribution in [-0.2, 0) is 11.3 Å². The summed E-state index contributed by atoms with van der Waals surface area (Å²) in [6.07, 6.45) is 1.13. The van der Waals surface area contributed by atoms with Crippen LogP contribution in [0.2, 0.25) is 0 Å². The van der Waals surface area contributed by atoms with E-state index in [1.54, 1.807) is 0 Å². The molecule has 0 saturated carbocycles. The standard InChI is InChI=1S/C16H17ClFNO/c1-16(2,3)13-6-4-5-7-14(13)20-15-11(9-17)8-12(18)10-19-15/h4-8,10H,9H2,1-3H3. The van der Waals surface area contributed by atoms with Gasteiger partial charge in [0.1, 0.15) is 11.6 Å². The van der Waals surface area contributed by atoms with E-state index in [1.165, 1.54) is 6.07 Å². The molecular formula is C16H17ClFNO. The van der Waals surface area contributed by atoms with Crippen LogP contribution in [-0.4, -0.2) is 4.98 Å². The minimum absolute atomic E-state index is 0.0578. The van der Waals surface area contributed by atoms with Crippen molar-refractivity contribution in [2.45, 2.75) is 32.1 Å². The number of para-hydroxylation sites is 1. The Bertz CT molecular complexity index is 608. The molecule has 2 aromatic rings. The lowest BCUT2D eigenvalue weighted by Gasteiger charge is -2.22. The average Bonchev–Trinajstić information content (AvgIpc) is 2.40. The number of hydrogen-bond acceptors (Lipinski definition) is 2. The Morgan fingerprint density at radius 3 is 2.60 bits per heavy atom. The third kappa shape index (κ3) is 3.28. The van der Waals surface area contributed by atoms with Crippen LogP contribution in [0.15, 0.2) is 36.5 Å². The van der Waals surface area contributed by atoms with Crippen molar-refractivity contribution in [3.05, 3.63) is 53.5 Å². The normalized spacial score (nSPS) is 11.4. The quantitative estimate of drug-likeness (QED) is 0.739. The molecule has 0 N–H and O–H groups in total. The SMILES string of the molecule is CC(C)(C)c1ccccc1Oc1ncc(F)cc1CCl. The van der Waals surface area contributed by atoms with Gasteiger partial charge in [0.05, 0.1) is 12.1 Å². The summed E-state index contributed by atoms with van der Waals surface area (Å²) in [7, 11) is 0. The third-order valence-electron chi connectivity index (χ3n) is 2.94. The van der Waals surface area contributed by atoms with E-state index in [0.717, 1.165) is 11.8 Å². The monoisotopic (exact) mass is 293 g/mol. The summed E-state index contributed by atoms with van der Waals surface area (Å²) in [6.45, 7) is 6.32. The Kier molecular flexibility index (Phi) is 4.29. The Labute approximate surface area is 123 Å². The summed E-state index contributed by atoms with van der Waals surface area (Å²) >= 11 is 5.81. The van der Waals surface area contributed by atoms with Crippen LogP contribution in [0, 0.1) is 5.82 Å². The van der Waals surface area contributed by atoms with Crippen molar-refractivity contribution in [3.63, 3.8) is 0 Å². The van der Waals surface area contributed by atoms with Crippen molar-refractivity contribution in [2.24, 2.45) is 0 Å². The first-order valence-electron chi connectivity index (χ1n) is 6.39. The topological polar surface area (TPSA) is 22.1 Å². The highest BCUT2D eigenvalue weighted by molar-refractivity contribution is 6.17. The van der Waals surface area contributed by atoms with Gasteiger partial charge in [-0.3, -0.25) is 0 Å². The summed E-state index contributed by atoms with van der Waals surface area (Å²) < 4.78 is 19.0. The molecule has 0 saturated heterocycles. The molecular weight excluding hydrogens is 277 g/mol. The van der Waals surface area contributed by atoms with Crippen molar-refractivity contribution < 1.29 is 9.13 Å². The summed E-state index contributed by atoms with van der Waals surface area (Å²) in [5, 5.41) is 0. The number of nitrogens with zero attached hydrogens (tertiary/aromatic N) is 1. The van der Waals surface area contributed by atoms with Gasteiger partial charge in [-0.25, -0.2) is 9.37 Å². The van der Waals surface area contributed by atoms with Crippen molar-refractivity contribution in [1.82, 2.24) is 4.98 Å². The summed E-state index contributed by atoms with van der Waals surface area (Å²) in [4.78, 5) is 3.99. The number of aromatic nitrogens is 1. The molecule has 106 valence electrons. The molecule has 4 heteroatoms. The highest BCUT2D eigenvalue weighted by Crippen LogP contribution is 2.34. The van der Waals surface area contributed by atoms with E-state index in [1.807, 2.05) is 24.3 Å². The Balaban J connectivity index is 2.41. The van der Waals surface area contributed by atoms with Gasteiger partial charge in [-0.2, -0.15) is 0 Å². The van der Waals surface area contributed by atoms with E-state index in [9.17, 15) is 4.39 Å². The first-order chi connectivity index (χ1) is 9.41. The molecule has 0 radical (unpaired) electrons. The van der Waals surface area contributed by atoms with Gasteiger partial charge in [-0.1, -0.05) is 39.0 Å². The Morgan fingerprint density at radius 2 is 1.95 bits per heavy atom. The first kappa shape index (κ1) is 14.8. The molecule has 0 fully saturated rings. The zero-order chi connectivity index (χ0) is 14.8. The maximum Gasteiger partial charge on any atom is 0.223 e. The maximum atomic E-state index is 13.2. The lowest BCUT2D eigenvalue weighted by Crippen LogP contribution is -2.12. The van der Waals surface area contributed by atoms with E-state index in [2.05, 4.69) is 25.8 Å². The van der Waals surface area contributed by atoms with Gasteiger partial charge < -0.3 is 4.74 Å². The Morgan fingerprint density at radius 1 is 1.25 bits per heavy atom. The fourth-order valence-corrected chi connectivity index (χ4v) is 2.13. The highest BCUT2D eigenvalue weighted by Gasteiger charge is 2.19. The third-order valence-corrected chi connectivity index (χ3v) is 3.23. The summed E-state index contributed by atoms with van der Waals surface area (Å²) in [5.41, 5.74) is 1.54. The van der Waals surface area contributed by atoms with Gasteiger partial charge in [0.15, 0.2) is 0 Å². The second kappa shape index (κ2) is 5.80. The number of hydrogen-bond donors (Lipinski definition) is 0. The van der Waals surface area contributed by atoms with Crippen molar-refractivity contribution in [1.29, 1.82) is 0 Å². The molecule has 1 aromatic heterocycles. The lowest BCUT2D eigenvalue weighted by atomic mass is 9.86. The molecule has 2 nitrogen and oxygen atoms in total. The second-order valence-electron chi connectivity index (χ2n) is 5.60. The van der Waals surface area contributed by atoms with Gasteiger partial charge in [0.2, 0.25) is 5.88 Å². The molecule has 0 unspecified atom stereocenters. The van der Waals surface area contributed by atoms with Gasteiger partial charge >= 0.3 is 0 Å². The fraction of sp³-hybridized carbons (Fsp3) is 0.312. The molecule has 2 rings (SSSR count). The molecule has 0 atom stereocenters. The number of alkyl halides is 1. The second-order valence-corrected chi connectivity index (χ2v) is 5.87. The minimum atomic E-state index is -0.419. The number of rotatable bonds is 3. The van der Waals surface area contributed by atoms with E-state index < -0.39 is 5.82 Å². The highest BCUT2D eigenvalue weighted by atomic mass is 35.5. The van der Waals surface area contributed by atoms with Gasteiger partial charge in [0.25, 0.3) is 0 Å². The summed E-state index contributed by atoms with van der Waals surface area (Å²) in [5.74, 6) is 0.790. The van der Waals surface area contributed by atoms with Crippen LogP contribution in [0.5, 0.6) is 11.6 Å². The lowest BCUT2D eigenvalue weighted by molar-refractivity contribution is 0.433. The molecule has 1 heterocycles. The molecule has 0 amide bonds. The molecule has 0 spiro atoms. The van der Waals surface area contributed by atoms with Crippen LogP contribution in [0.3, 0.4) is 0 Å². The van der Waals surface area contributed by atoms with Crippen molar-refractivity contribution in [3.8, 4) is 11.6 Å². The Hall–Kier alpha value is -1.61. The van der Waals surface area contributed by atoms with Crippen LogP contribution in [0.4, 0.5) is 4.39 Å². The minimum Gasteiger partial charge on any atom is -0.438 e. The van der Waals surface area contributed by atoms with Crippen LogP contribution < -0.4 is 4.74 Å². The molecule has 0 aliphatic carbocycles. The van der Waals surface area contributed by atoms with Crippen LogP contribution >= 0.6 is 11.6 Å². The van der Waals surface area contributed by atoms with E-state index in [-0.39, 0.29) is 11.3 Å². The largest absolute Gasteiger partial charge is 0.438 e. The van der Waals surface area contributed by atoms with E-state index in [4.69, 9.17) is 16.3 Å². The van der Waals surface area contributed by atoms with Crippen molar-refractivity contribution in [2.75, 3.05) is 0 Å². The van der Waals surface area contributed by atoms with Crippen LogP contribution in [0.25, 0.3) is 0 Å². The van der Waals surface area contributed by atoms with Crippen LogP contribution in [0.1, 0.15) is 31.9 Å². The van der Waals surface area contributed by atoms with Gasteiger partial charge in [0, 0.05) is 11.1 Å². The predicted octanol–water partition coefficient (Wildman–Crippen LogP) is 5.05. The molecule has 1 aromatic carbocycles. The predicted molar refractivity (Wildman–Crippen MR) is 79.0 cm³/mol. The maximum absolute atomic E-state index is 13.2. The van der Waals surface area contributed by atoms with E-state index in [0.29, 0.717) is 17.2 Å². The first-order valence-corrected chi connectivity index (χ1v) is 6.93. The molecule has 0 aliphatic rings. The number of halogens is 2. The number of pyridine rings is 1. The molecule has 0 bridgehead atoms. The van der Waals surface area contributed by atoms with Gasteiger partial charge in [-0.15, -0.1) is 11.6 Å². The molecule has 0 aliphatic heterocycles.